The lowest BCUT2D eigenvalue weighted by Crippen LogP contribution is -2.40. The number of fused-ring (bicyclic) bond motifs is 1. The molecule has 0 aromatic carbocycles. The lowest BCUT2D eigenvalue weighted by Gasteiger charge is -2.32. The quantitative estimate of drug-likeness (QED) is 0.593. The maximum Gasteiger partial charge on any atom is 0.223 e. The molecule has 1 aliphatic carbocycles. The molecule has 1 aromatic heterocycles. The number of amides is 1. The number of hydrogen-bond acceptors (Lipinski definition) is 4. The lowest BCUT2D eigenvalue weighted by molar-refractivity contribution is -0.133. The van der Waals surface area contributed by atoms with Crippen LogP contribution in [0.25, 0.3) is 0 Å². The molecule has 23 heavy (non-hydrogen) atoms. The van der Waals surface area contributed by atoms with Gasteiger partial charge >= 0.3 is 0 Å². The SMILES string of the molecule is C=CCOC[C@H]1CN(C(=O)C[C@@H]2C=CCC2)Cc2nnn(C)c21. The molecule has 124 valence electrons. The summed E-state index contributed by atoms with van der Waals surface area (Å²) >= 11 is 0. The highest BCUT2D eigenvalue weighted by Crippen LogP contribution is 2.29. The van der Waals surface area contributed by atoms with Gasteiger partial charge in [-0.3, -0.25) is 9.48 Å². The van der Waals surface area contributed by atoms with E-state index in [4.69, 9.17) is 4.74 Å². The van der Waals surface area contributed by atoms with Crippen LogP contribution in [0, 0.1) is 5.92 Å². The minimum Gasteiger partial charge on any atom is -0.377 e. The zero-order valence-corrected chi connectivity index (χ0v) is 13.6. The highest BCUT2D eigenvalue weighted by molar-refractivity contribution is 5.77. The molecule has 0 saturated carbocycles. The molecule has 0 radical (unpaired) electrons. The van der Waals surface area contributed by atoms with E-state index >= 15 is 0 Å². The molecule has 0 N–H and O–H groups in total. The van der Waals surface area contributed by atoms with Crippen LogP contribution in [-0.2, 0) is 23.1 Å². The molecular weight excluding hydrogens is 292 g/mol. The predicted molar refractivity (Wildman–Crippen MR) is 86.7 cm³/mol. The van der Waals surface area contributed by atoms with Gasteiger partial charge in [0.05, 0.1) is 25.5 Å². The van der Waals surface area contributed by atoms with E-state index in [0.29, 0.717) is 38.6 Å². The second-order valence-electron chi connectivity index (χ2n) is 6.31. The minimum atomic E-state index is 0.113. The van der Waals surface area contributed by atoms with Crippen LogP contribution in [0.5, 0.6) is 0 Å². The Morgan fingerprint density at radius 2 is 2.43 bits per heavy atom. The Balaban J connectivity index is 1.70. The maximum absolute atomic E-state index is 12.6. The maximum atomic E-state index is 12.6. The molecular formula is C17H24N4O2. The van der Waals surface area contributed by atoms with Crippen molar-refractivity contribution >= 4 is 5.91 Å². The van der Waals surface area contributed by atoms with Crippen molar-refractivity contribution in [1.29, 1.82) is 0 Å². The van der Waals surface area contributed by atoms with E-state index in [2.05, 4.69) is 29.0 Å². The molecule has 1 aliphatic heterocycles. The standard InChI is InChI=1S/C17H24N4O2/c1-3-8-23-12-14-10-21(11-15-17(14)20(2)19-18-15)16(22)9-13-6-4-5-7-13/h3-4,6,13-14H,1,5,7-12H2,2H3/t13-,14-/m1/s1. The van der Waals surface area contributed by atoms with E-state index in [9.17, 15) is 4.79 Å². The number of aryl methyl sites for hydroxylation is 1. The fraction of sp³-hybridized carbons (Fsp3) is 0.588. The molecule has 0 unspecified atom stereocenters. The largest absolute Gasteiger partial charge is 0.377 e. The van der Waals surface area contributed by atoms with Crippen molar-refractivity contribution in [2.45, 2.75) is 31.7 Å². The number of rotatable bonds is 6. The van der Waals surface area contributed by atoms with Crippen molar-refractivity contribution < 1.29 is 9.53 Å². The van der Waals surface area contributed by atoms with E-state index < -0.39 is 0 Å². The van der Waals surface area contributed by atoms with Crippen molar-refractivity contribution in [2.24, 2.45) is 13.0 Å². The molecule has 2 aliphatic rings. The number of nitrogens with zero attached hydrogens (tertiary/aromatic N) is 4. The Hall–Kier alpha value is -1.95. The van der Waals surface area contributed by atoms with Crippen molar-refractivity contribution in [3.05, 3.63) is 36.2 Å². The van der Waals surface area contributed by atoms with Gasteiger partial charge in [-0.1, -0.05) is 23.4 Å². The number of carbonyl (C=O) groups excluding carboxylic acids is 1. The van der Waals surface area contributed by atoms with Gasteiger partial charge in [-0.05, 0) is 18.8 Å². The van der Waals surface area contributed by atoms with E-state index in [1.165, 1.54) is 0 Å². The third kappa shape index (κ3) is 3.52. The Labute approximate surface area is 136 Å². The normalized spacial score (nSPS) is 23.1. The van der Waals surface area contributed by atoms with Gasteiger partial charge in [-0.2, -0.15) is 0 Å². The van der Waals surface area contributed by atoms with E-state index in [0.717, 1.165) is 24.2 Å². The highest BCUT2D eigenvalue weighted by Gasteiger charge is 2.33. The molecule has 0 bridgehead atoms. The van der Waals surface area contributed by atoms with Crippen molar-refractivity contribution in [3.8, 4) is 0 Å². The molecule has 3 rings (SSSR count). The first kappa shape index (κ1) is 15.9. The first-order valence-electron chi connectivity index (χ1n) is 8.20. The average Bonchev–Trinajstić information content (AvgIpc) is 3.17. The van der Waals surface area contributed by atoms with Gasteiger partial charge in [0.25, 0.3) is 0 Å². The van der Waals surface area contributed by atoms with Gasteiger partial charge in [0, 0.05) is 25.9 Å². The van der Waals surface area contributed by atoms with Crippen LogP contribution < -0.4 is 0 Å². The fourth-order valence-corrected chi connectivity index (χ4v) is 3.45. The monoisotopic (exact) mass is 316 g/mol. The Morgan fingerprint density at radius 3 is 3.17 bits per heavy atom. The number of allylic oxidation sites excluding steroid dienone is 2. The van der Waals surface area contributed by atoms with Gasteiger partial charge in [0.2, 0.25) is 5.91 Å². The lowest BCUT2D eigenvalue weighted by atomic mass is 9.97. The summed E-state index contributed by atoms with van der Waals surface area (Å²) in [5.41, 5.74) is 1.97. The fourth-order valence-electron chi connectivity index (χ4n) is 3.45. The third-order valence-corrected chi connectivity index (χ3v) is 4.57. The number of carbonyl (C=O) groups is 1. The van der Waals surface area contributed by atoms with Crippen LogP contribution in [0.1, 0.15) is 36.6 Å². The summed E-state index contributed by atoms with van der Waals surface area (Å²) in [5.74, 6) is 0.703. The number of hydrogen-bond donors (Lipinski definition) is 0. The molecule has 6 heteroatoms. The van der Waals surface area contributed by atoms with Gasteiger partial charge in [0.15, 0.2) is 0 Å². The van der Waals surface area contributed by atoms with Crippen molar-refractivity contribution in [3.63, 3.8) is 0 Å². The van der Waals surface area contributed by atoms with Crippen LogP contribution in [-0.4, -0.2) is 45.6 Å². The van der Waals surface area contributed by atoms with Gasteiger partial charge in [-0.15, -0.1) is 11.7 Å². The smallest absolute Gasteiger partial charge is 0.223 e. The van der Waals surface area contributed by atoms with E-state index in [1.54, 1.807) is 10.8 Å². The van der Waals surface area contributed by atoms with E-state index in [1.807, 2.05) is 11.9 Å². The summed E-state index contributed by atoms with van der Waals surface area (Å²) in [7, 11) is 1.90. The molecule has 6 nitrogen and oxygen atoms in total. The van der Waals surface area contributed by atoms with Gasteiger partial charge in [-0.25, -0.2) is 0 Å². The average molecular weight is 316 g/mol. The van der Waals surface area contributed by atoms with Crippen molar-refractivity contribution in [2.75, 3.05) is 19.8 Å². The second-order valence-corrected chi connectivity index (χ2v) is 6.31. The van der Waals surface area contributed by atoms with Crippen LogP contribution in [0.15, 0.2) is 24.8 Å². The summed E-state index contributed by atoms with van der Waals surface area (Å²) in [4.78, 5) is 14.5. The first-order chi connectivity index (χ1) is 11.2. The first-order valence-corrected chi connectivity index (χ1v) is 8.20. The molecule has 0 spiro atoms. The molecule has 1 aromatic rings. The van der Waals surface area contributed by atoms with Crippen molar-refractivity contribution in [1.82, 2.24) is 19.9 Å². The van der Waals surface area contributed by atoms with Crippen LogP contribution in [0.3, 0.4) is 0 Å². The molecule has 2 heterocycles. The van der Waals surface area contributed by atoms with Gasteiger partial charge in [0.1, 0.15) is 5.69 Å². The zero-order chi connectivity index (χ0) is 16.2. The summed E-state index contributed by atoms with van der Waals surface area (Å²) in [6, 6.07) is 0. The zero-order valence-electron chi connectivity index (χ0n) is 13.6. The second kappa shape index (κ2) is 7.08. The van der Waals surface area contributed by atoms with Crippen LogP contribution in [0.2, 0.25) is 0 Å². The summed E-state index contributed by atoms with van der Waals surface area (Å²) in [5, 5.41) is 8.34. The Morgan fingerprint density at radius 1 is 1.57 bits per heavy atom. The summed E-state index contributed by atoms with van der Waals surface area (Å²) in [6.07, 6.45) is 8.83. The Kier molecular flexibility index (Phi) is 4.91. The number of aromatic nitrogens is 3. The molecule has 0 saturated heterocycles. The third-order valence-electron chi connectivity index (χ3n) is 4.57. The molecule has 0 fully saturated rings. The molecule has 2 atom stereocenters. The summed E-state index contributed by atoms with van der Waals surface area (Å²) in [6.45, 7) is 5.95. The topological polar surface area (TPSA) is 60.2 Å². The molecule has 1 amide bonds. The Bertz CT molecular complexity index is 608. The van der Waals surface area contributed by atoms with E-state index in [-0.39, 0.29) is 11.8 Å². The van der Waals surface area contributed by atoms with Crippen LogP contribution >= 0.6 is 0 Å². The predicted octanol–water partition coefficient (Wildman–Crippen LogP) is 1.80. The highest BCUT2D eigenvalue weighted by atomic mass is 16.5. The minimum absolute atomic E-state index is 0.113. The van der Waals surface area contributed by atoms with Crippen LogP contribution in [0.4, 0.5) is 0 Å². The number of ether oxygens (including phenoxy) is 1. The van der Waals surface area contributed by atoms with Gasteiger partial charge < -0.3 is 9.64 Å². The summed E-state index contributed by atoms with van der Waals surface area (Å²) < 4.78 is 7.43.